The summed E-state index contributed by atoms with van der Waals surface area (Å²) in [7, 11) is 0. The van der Waals surface area contributed by atoms with Crippen molar-refractivity contribution in [3.05, 3.63) is 77.5 Å². The maximum atomic E-state index is 15.5. The van der Waals surface area contributed by atoms with Crippen LogP contribution in [-0.2, 0) is 16.6 Å². The smallest absolute Gasteiger partial charge is 0.135 e. The summed E-state index contributed by atoms with van der Waals surface area (Å²) < 4.78 is 38.0. The second-order valence-electron chi connectivity index (χ2n) is 11.0. The van der Waals surface area contributed by atoms with E-state index in [1.165, 1.54) is 12.1 Å². The fourth-order valence-electron chi connectivity index (χ4n) is 6.10. The second-order valence-corrected chi connectivity index (χ2v) is 11.0. The maximum absolute atomic E-state index is 15.5. The molecule has 2 fully saturated rings. The summed E-state index contributed by atoms with van der Waals surface area (Å²) in [4.78, 5) is 11.2. The van der Waals surface area contributed by atoms with Gasteiger partial charge in [-0.05, 0) is 61.1 Å². The molecule has 6 rings (SSSR count). The monoisotopic (exact) mass is 543 g/mol. The number of hydrogen-bond acceptors (Lipinski definition) is 7. The molecule has 206 valence electrons. The molecule has 0 saturated carbocycles. The molecule has 0 aliphatic carbocycles. The lowest BCUT2D eigenvalue weighted by Gasteiger charge is -2.37. The minimum Gasteiger partial charge on any atom is -0.381 e. The van der Waals surface area contributed by atoms with Crippen molar-refractivity contribution in [2.75, 3.05) is 31.2 Å². The van der Waals surface area contributed by atoms with Gasteiger partial charge in [-0.1, -0.05) is 6.92 Å². The summed E-state index contributed by atoms with van der Waals surface area (Å²) in [6.45, 7) is 4.63. The Kier molecular flexibility index (Phi) is 6.94. The molecule has 2 saturated heterocycles. The van der Waals surface area contributed by atoms with Gasteiger partial charge < -0.3 is 15.4 Å². The van der Waals surface area contributed by atoms with Gasteiger partial charge >= 0.3 is 0 Å². The van der Waals surface area contributed by atoms with Crippen molar-refractivity contribution in [3.63, 3.8) is 0 Å². The number of hydrogen-bond donors (Lipinski definition) is 1. The van der Waals surface area contributed by atoms with Crippen LogP contribution in [0.5, 0.6) is 0 Å². The van der Waals surface area contributed by atoms with Crippen molar-refractivity contribution in [3.8, 4) is 17.3 Å². The lowest BCUT2D eigenvalue weighted by atomic mass is 9.75. The Balaban J connectivity index is 1.34. The lowest BCUT2D eigenvalue weighted by molar-refractivity contribution is 0.0674. The van der Waals surface area contributed by atoms with Gasteiger partial charge in [-0.25, -0.2) is 18.3 Å². The van der Waals surface area contributed by atoms with Crippen molar-refractivity contribution in [2.24, 2.45) is 11.7 Å². The van der Waals surface area contributed by atoms with Crippen molar-refractivity contribution >= 4 is 11.2 Å². The first-order chi connectivity index (χ1) is 19.4. The number of benzene rings is 1. The van der Waals surface area contributed by atoms with E-state index in [1.54, 1.807) is 29.0 Å². The number of rotatable bonds is 5. The molecular weight excluding hydrogens is 512 g/mol. The van der Waals surface area contributed by atoms with Crippen molar-refractivity contribution in [2.45, 2.75) is 44.1 Å². The first-order valence-electron chi connectivity index (χ1n) is 13.6. The molecule has 2 aliphatic rings. The molecule has 0 spiro atoms. The minimum atomic E-state index is -0.967. The molecule has 0 amide bonds. The zero-order valence-electron chi connectivity index (χ0n) is 22.4. The highest BCUT2D eigenvalue weighted by atomic mass is 19.1. The highest BCUT2D eigenvalue weighted by molar-refractivity contribution is 5.64. The van der Waals surface area contributed by atoms with Gasteiger partial charge in [-0.15, -0.1) is 0 Å². The van der Waals surface area contributed by atoms with Crippen LogP contribution in [0, 0.1) is 28.9 Å². The highest BCUT2D eigenvalue weighted by Crippen LogP contribution is 2.37. The van der Waals surface area contributed by atoms with Crippen LogP contribution in [0.25, 0.3) is 16.8 Å². The van der Waals surface area contributed by atoms with Gasteiger partial charge in [0.2, 0.25) is 0 Å². The fourth-order valence-corrected chi connectivity index (χ4v) is 6.10. The molecule has 2 N–H and O–H groups in total. The van der Waals surface area contributed by atoms with E-state index < -0.39 is 17.0 Å². The third-order valence-corrected chi connectivity index (χ3v) is 8.12. The largest absolute Gasteiger partial charge is 0.381 e. The zero-order chi connectivity index (χ0) is 27.9. The number of fused-ring (bicyclic) bond motifs is 1. The van der Waals surface area contributed by atoms with E-state index in [0.29, 0.717) is 55.3 Å². The van der Waals surface area contributed by atoms with E-state index in [0.717, 1.165) is 30.8 Å². The summed E-state index contributed by atoms with van der Waals surface area (Å²) in [5.41, 5.74) is 8.33. The Bertz CT molecular complexity index is 1560. The van der Waals surface area contributed by atoms with Crippen LogP contribution in [0.15, 0.2) is 48.9 Å². The van der Waals surface area contributed by atoms with E-state index in [9.17, 15) is 5.26 Å². The first-order valence-corrected chi connectivity index (χ1v) is 13.6. The SMILES string of the molecule is C[C@@H]1C[C@H](N)CN(c2ccncc2Cc2ncc3ccc(-c4c(F)cc(C5(C#N)CCOCC5)cc4F)nn23)C1. The van der Waals surface area contributed by atoms with Gasteiger partial charge in [0.1, 0.15) is 17.5 Å². The fraction of sp³-hybridized carbons (Fsp3) is 0.400. The number of imidazole rings is 1. The molecule has 0 bridgehead atoms. The normalized spacial score (nSPS) is 20.9. The summed E-state index contributed by atoms with van der Waals surface area (Å²) in [5, 5.41) is 14.5. The molecule has 10 heteroatoms. The van der Waals surface area contributed by atoms with Gasteiger partial charge in [0.05, 0.1) is 34.5 Å². The Morgan fingerprint density at radius 1 is 1.12 bits per heavy atom. The number of anilines is 1. The van der Waals surface area contributed by atoms with E-state index >= 15 is 8.78 Å². The van der Waals surface area contributed by atoms with Gasteiger partial charge in [0.15, 0.2) is 0 Å². The molecule has 40 heavy (non-hydrogen) atoms. The van der Waals surface area contributed by atoms with E-state index in [1.807, 2.05) is 12.3 Å². The lowest BCUT2D eigenvalue weighted by Crippen LogP contribution is -2.46. The number of aromatic nitrogens is 4. The van der Waals surface area contributed by atoms with Crippen LogP contribution in [0.3, 0.4) is 0 Å². The second kappa shape index (κ2) is 10.6. The minimum absolute atomic E-state index is 0.104. The molecule has 2 aliphatic heterocycles. The Morgan fingerprint density at radius 3 is 2.62 bits per heavy atom. The molecule has 0 radical (unpaired) electrons. The molecule has 2 atom stereocenters. The number of nitriles is 1. The summed E-state index contributed by atoms with van der Waals surface area (Å²) in [5.74, 6) is -0.403. The topological polar surface area (TPSA) is 105 Å². The van der Waals surface area contributed by atoms with Crippen molar-refractivity contribution in [1.82, 2.24) is 19.6 Å². The quantitative estimate of drug-likeness (QED) is 0.398. The molecule has 0 unspecified atom stereocenters. The van der Waals surface area contributed by atoms with Crippen LogP contribution < -0.4 is 10.6 Å². The van der Waals surface area contributed by atoms with Gasteiger partial charge in [-0.2, -0.15) is 10.4 Å². The standard InChI is InChI=1S/C30H31F2N7O/c1-19-10-22(34)17-38(16-19)27-4-7-35-14-20(27)11-28-36-15-23-2-3-26(37-39(23)28)29-24(31)12-21(13-25(29)32)30(18-33)5-8-40-9-6-30/h2-4,7,12-15,19,22H,5-6,8-11,16-17,34H2,1H3/t19-,22+/m1/s1. The van der Waals surface area contributed by atoms with Crippen molar-refractivity contribution < 1.29 is 13.5 Å². The number of halogens is 2. The first kappa shape index (κ1) is 26.3. The third kappa shape index (κ3) is 4.80. The Morgan fingerprint density at radius 2 is 1.90 bits per heavy atom. The number of pyridine rings is 1. The van der Waals surface area contributed by atoms with E-state index in [2.05, 4.69) is 33.0 Å². The van der Waals surface area contributed by atoms with E-state index in [-0.39, 0.29) is 17.3 Å². The average Bonchev–Trinajstić information content (AvgIpc) is 3.34. The summed E-state index contributed by atoms with van der Waals surface area (Å²) in [6.07, 6.45) is 7.50. The summed E-state index contributed by atoms with van der Waals surface area (Å²) in [6, 6.07) is 10.2. The molecule has 5 heterocycles. The van der Waals surface area contributed by atoms with E-state index in [4.69, 9.17) is 10.5 Å². The van der Waals surface area contributed by atoms with Crippen LogP contribution in [0.4, 0.5) is 14.5 Å². The number of nitrogens with zero attached hydrogens (tertiary/aromatic N) is 6. The molecular formula is C30H31F2N7O. The van der Waals surface area contributed by atoms with Crippen LogP contribution in [0.2, 0.25) is 0 Å². The van der Waals surface area contributed by atoms with Crippen LogP contribution in [-0.4, -0.2) is 51.9 Å². The van der Waals surface area contributed by atoms with Gasteiger partial charge in [-0.3, -0.25) is 4.98 Å². The molecule has 8 nitrogen and oxygen atoms in total. The predicted octanol–water partition coefficient (Wildman–Crippen LogP) is 4.41. The molecule has 1 aromatic carbocycles. The molecule has 3 aromatic heterocycles. The highest BCUT2D eigenvalue weighted by Gasteiger charge is 2.36. The zero-order valence-corrected chi connectivity index (χ0v) is 22.4. The Hall–Kier alpha value is -3.94. The van der Waals surface area contributed by atoms with Gasteiger partial charge in [0, 0.05) is 62.4 Å². The number of piperidine rings is 1. The van der Waals surface area contributed by atoms with Gasteiger partial charge in [0.25, 0.3) is 0 Å². The molecule has 4 aromatic rings. The number of nitrogens with two attached hydrogens (primary N) is 1. The Labute approximate surface area is 231 Å². The number of ether oxygens (including phenoxy) is 1. The maximum Gasteiger partial charge on any atom is 0.135 e. The summed E-state index contributed by atoms with van der Waals surface area (Å²) >= 11 is 0. The van der Waals surface area contributed by atoms with Crippen molar-refractivity contribution in [1.29, 1.82) is 5.26 Å². The predicted molar refractivity (Wildman–Crippen MR) is 147 cm³/mol. The van der Waals surface area contributed by atoms with Crippen LogP contribution >= 0.6 is 0 Å². The average molecular weight is 544 g/mol. The third-order valence-electron chi connectivity index (χ3n) is 8.12. The van der Waals surface area contributed by atoms with Crippen LogP contribution in [0.1, 0.15) is 43.1 Å².